The van der Waals surface area contributed by atoms with Crippen molar-refractivity contribution in [2.24, 2.45) is 0 Å². The second kappa shape index (κ2) is 5.75. The summed E-state index contributed by atoms with van der Waals surface area (Å²) in [6.45, 7) is 3.57. The summed E-state index contributed by atoms with van der Waals surface area (Å²) < 4.78 is 0. The van der Waals surface area contributed by atoms with Crippen molar-refractivity contribution >= 4 is 17.3 Å². The van der Waals surface area contributed by atoms with Crippen molar-refractivity contribution in [3.05, 3.63) is 59.2 Å². The van der Waals surface area contributed by atoms with E-state index in [4.69, 9.17) is 5.73 Å². The van der Waals surface area contributed by atoms with Crippen LogP contribution in [0.15, 0.2) is 42.5 Å². The van der Waals surface area contributed by atoms with Gasteiger partial charge in [-0.3, -0.25) is 4.79 Å². The zero-order valence-corrected chi connectivity index (χ0v) is 11.6. The third-order valence-electron chi connectivity index (χ3n) is 3.17. The van der Waals surface area contributed by atoms with Gasteiger partial charge in [-0.1, -0.05) is 18.2 Å². The maximum absolute atomic E-state index is 12.1. The van der Waals surface area contributed by atoms with Gasteiger partial charge in [0, 0.05) is 16.9 Å². The Labute approximate surface area is 118 Å². The molecule has 20 heavy (non-hydrogen) atoms. The van der Waals surface area contributed by atoms with Gasteiger partial charge >= 0.3 is 0 Å². The number of aliphatic hydroxyl groups excluding tert-OH is 1. The van der Waals surface area contributed by atoms with Gasteiger partial charge < -0.3 is 16.2 Å². The molecule has 104 valence electrons. The molecule has 2 aromatic carbocycles. The second-order valence-electron chi connectivity index (χ2n) is 4.83. The summed E-state index contributed by atoms with van der Waals surface area (Å²) in [5, 5.41) is 12.3. The van der Waals surface area contributed by atoms with E-state index in [2.05, 4.69) is 5.32 Å². The first-order valence-corrected chi connectivity index (χ1v) is 6.43. The van der Waals surface area contributed by atoms with E-state index in [1.54, 1.807) is 37.3 Å². The van der Waals surface area contributed by atoms with E-state index in [-0.39, 0.29) is 5.91 Å². The van der Waals surface area contributed by atoms with Crippen molar-refractivity contribution in [3.8, 4) is 0 Å². The summed E-state index contributed by atoms with van der Waals surface area (Å²) in [5.41, 5.74) is 9.25. The summed E-state index contributed by atoms with van der Waals surface area (Å²) in [4.78, 5) is 12.1. The Kier molecular flexibility index (Phi) is 4.05. The van der Waals surface area contributed by atoms with E-state index in [1.165, 1.54) is 0 Å². The highest BCUT2D eigenvalue weighted by atomic mass is 16.3. The monoisotopic (exact) mass is 270 g/mol. The quantitative estimate of drug-likeness (QED) is 0.751. The topological polar surface area (TPSA) is 75.3 Å². The van der Waals surface area contributed by atoms with E-state index >= 15 is 0 Å². The molecule has 0 saturated carbocycles. The molecule has 0 aliphatic carbocycles. The predicted octanol–water partition coefficient (Wildman–Crippen LogP) is 2.88. The Morgan fingerprint density at radius 3 is 2.65 bits per heavy atom. The number of amides is 1. The maximum atomic E-state index is 12.1. The number of nitrogen functional groups attached to an aromatic ring is 1. The number of anilines is 2. The van der Waals surface area contributed by atoms with E-state index in [9.17, 15) is 9.90 Å². The lowest BCUT2D eigenvalue weighted by Crippen LogP contribution is -2.12. The van der Waals surface area contributed by atoms with Crippen LogP contribution in [0.5, 0.6) is 0 Å². The number of hydrogen-bond acceptors (Lipinski definition) is 3. The molecule has 4 heteroatoms. The molecule has 0 heterocycles. The largest absolute Gasteiger partial charge is 0.398 e. The third-order valence-corrected chi connectivity index (χ3v) is 3.17. The zero-order valence-electron chi connectivity index (χ0n) is 11.6. The van der Waals surface area contributed by atoms with Crippen LogP contribution in [0.25, 0.3) is 0 Å². The first-order chi connectivity index (χ1) is 9.47. The van der Waals surface area contributed by atoms with Crippen LogP contribution in [-0.2, 0) is 0 Å². The number of carbonyl (C=O) groups is 1. The van der Waals surface area contributed by atoms with Gasteiger partial charge in [-0.05, 0) is 49.2 Å². The Balaban J connectivity index is 2.19. The standard InChI is InChI=1S/C16H18N2O2/c1-10-6-7-13(9-15(10)17)16(20)18-14-5-3-4-12(8-14)11(2)19/h3-9,11,19H,17H2,1-2H3,(H,18,20). The molecule has 1 atom stereocenters. The number of nitrogens with one attached hydrogen (secondary N) is 1. The van der Waals surface area contributed by atoms with Gasteiger partial charge in [-0.2, -0.15) is 0 Å². The molecular formula is C16H18N2O2. The van der Waals surface area contributed by atoms with Crippen molar-refractivity contribution in [1.82, 2.24) is 0 Å². The minimum absolute atomic E-state index is 0.223. The predicted molar refractivity (Wildman–Crippen MR) is 80.6 cm³/mol. The van der Waals surface area contributed by atoms with Crippen molar-refractivity contribution in [1.29, 1.82) is 0 Å². The first-order valence-electron chi connectivity index (χ1n) is 6.43. The number of benzene rings is 2. The van der Waals surface area contributed by atoms with Gasteiger partial charge in [0.1, 0.15) is 0 Å². The van der Waals surface area contributed by atoms with Gasteiger partial charge in [0.25, 0.3) is 5.91 Å². The van der Waals surface area contributed by atoms with E-state index in [1.807, 2.05) is 19.1 Å². The highest BCUT2D eigenvalue weighted by molar-refractivity contribution is 6.04. The number of rotatable bonds is 3. The van der Waals surface area contributed by atoms with Crippen LogP contribution in [0, 0.1) is 6.92 Å². The average Bonchev–Trinajstić information content (AvgIpc) is 2.42. The van der Waals surface area contributed by atoms with Crippen LogP contribution in [-0.4, -0.2) is 11.0 Å². The normalized spacial score (nSPS) is 11.9. The van der Waals surface area contributed by atoms with Crippen LogP contribution in [0.1, 0.15) is 34.5 Å². The molecule has 0 radical (unpaired) electrons. The SMILES string of the molecule is Cc1ccc(C(=O)Nc2cccc(C(C)O)c2)cc1N. The van der Waals surface area contributed by atoms with Gasteiger partial charge in [-0.25, -0.2) is 0 Å². The summed E-state index contributed by atoms with van der Waals surface area (Å²) in [5.74, 6) is -0.223. The zero-order chi connectivity index (χ0) is 14.7. The van der Waals surface area contributed by atoms with E-state index in [0.717, 1.165) is 11.1 Å². The fourth-order valence-corrected chi connectivity index (χ4v) is 1.86. The lowest BCUT2D eigenvalue weighted by atomic mass is 10.1. The molecule has 0 bridgehead atoms. The van der Waals surface area contributed by atoms with E-state index in [0.29, 0.717) is 16.9 Å². The third kappa shape index (κ3) is 3.16. The Bertz CT molecular complexity index is 636. The van der Waals surface area contributed by atoms with Crippen molar-refractivity contribution in [2.45, 2.75) is 20.0 Å². The Morgan fingerprint density at radius 1 is 1.25 bits per heavy atom. The molecule has 2 aromatic rings. The number of nitrogens with two attached hydrogens (primary N) is 1. The molecule has 0 spiro atoms. The summed E-state index contributed by atoms with van der Waals surface area (Å²) >= 11 is 0. The molecule has 0 fully saturated rings. The van der Waals surface area contributed by atoms with Crippen molar-refractivity contribution in [3.63, 3.8) is 0 Å². The van der Waals surface area contributed by atoms with Crippen LogP contribution in [0.2, 0.25) is 0 Å². The average molecular weight is 270 g/mol. The van der Waals surface area contributed by atoms with Crippen molar-refractivity contribution < 1.29 is 9.90 Å². The number of aryl methyl sites for hydroxylation is 1. The van der Waals surface area contributed by atoms with E-state index < -0.39 is 6.10 Å². The fourth-order valence-electron chi connectivity index (χ4n) is 1.86. The molecule has 1 unspecified atom stereocenters. The van der Waals surface area contributed by atoms with Gasteiger partial charge in [0.15, 0.2) is 0 Å². The molecule has 1 amide bonds. The van der Waals surface area contributed by atoms with Crippen LogP contribution < -0.4 is 11.1 Å². The summed E-state index contributed by atoms with van der Waals surface area (Å²) in [6, 6.07) is 12.3. The van der Waals surface area contributed by atoms with Crippen molar-refractivity contribution in [2.75, 3.05) is 11.1 Å². The first kappa shape index (κ1) is 14.1. The van der Waals surface area contributed by atoms with Crippen LogP contribution >= 0.6 is 0 Å². The minimum Gasteiger partial charge on any atom is -0.398 e. The summed E-state index contributed by atoms with van der Waals surface area (Å²) in [7, 11) is 0. The molecule has 0 aromatic heterocycles. The highest BCUT2D eigenvalue weighted by Crippen LogP contribution is 2.19. The maximum Gasteiger partial charge on any atom is 0.255 e. The van der Waals surface area contributed by atoms with Gasteiger partial charge in [0.05, 0.1) is 6.10 Å². The molecule has 0 saturated heterocycles. The fraction of sp³-hybridized carbons (Fsp3) is 0.188. The minimum atomic E-state index is -0.568. The number of aliphatic hydroxyl groups is 1. The summed E-state index contributed by atoms with van der Waals surface area (Å²) in [6.07, 6.45) is -0.568. The van der Waals surface area contributed by atoms with Gasteiger partial charge in [0.2, 0.25) is 0 Å². The van der Waals surface area contributed by atoms with Crippen LogP contribution in [0.3, 0.4) is 0 Å². The Morgan fingerprint density at radius 2 is 2.00 bits per heavy atom. The molecule has 4 N–H and O–H groups in total. The highest BCUT2D eigenvalue weighted by Gasteiger charge is 2.08. The lowest BCUT2D eigenvalue weighted by molar-refractivity contribution is 0.102. The molecule has 2 rings (SSSR count). The molecule has 0 aliphatic rings. The number of carbonyl (C=O) groups excluding carboxylic acids is 1. The smallest absolute Gasteiger partial charge is 0.255 e. The molecule has 0 aliphatic heterocycles. The second-order valence-corrected chi connectivity index (χ2v) is 4.83. The van der Waals surface area contributed by atoms with Gasteiger partial charge in [-0.15, -0.1) is 0 Å². The lowest BCUT2D eigenvalue weighted by Gasteiger charge is -2.10. The number of hydrogen-bond donors (Lipinski definition) is 3. The van der Waals surface area contributed by atoms with Crippen LogP contribution in [0.4, 0.5) is 11.4 Å². The molecular weight excluding hydrogens is 252 g/mol. The molecule has 4 nitrogen and oxygen atoms in total. The Hall–Kier alpha value is -2.33.